The fraction of sp³-hybridized carbons (Fsp3) is 0.389. The lowest BCUT2D eigenvalue weighted by atomic mass is 9.89. The second kappa shape index (κ2) is 8.88. The molecule has 3 rings (SSSR count). The molecule has 2 aromatic rings. The molecule has 1 fully saturated rings. The molecule has 0 bridgehead atoms. The maximum Gasteiger partial charge on any atom is 0.573 e. The molecule has 2 heterocycles. The molecule has 32 heavy (non-hydrogen) atoms. The highest BCUT2D eigenvalue weighted by atomic mass is 35.5. The molecule has 1 aromatic carbocycles. The van der Waals surface area contributed by atoms with Crippen LogP contribution >= 0.6 is 11.6 Å². The minimum Gasteiger partial charge on any atom is -0.465 e. The van der Waals surface area contributed by atoms with Crippen molar-refractivity contribution in [3.05, 3.63) is 40.7 Å². The Morgan fingerprint density at radius 2 is 1.84 bits per heavy atom. The third kappa shape index (κ3) is 5.84. The number of aromatic nitrogens is 2. The molecule has 0 radical (unpaired) electrons. The number of ether oxygens (including phenoxy) is 1. The summed E-state index contributed by atoms with van der Waals surface area (Å²) in [7, 11) is 0. The molecular formula is C18H15ClF6N4O3. The van der Waals surface area contributed by atoms with Gasteiger partial charge in [0.2, 0.25) is 5.95 Å². The van der Waals surface area contributed by atoms with E-state index in [-0.39, 0.29) is 24.7 Å². The van der Waals surface area contributed by atoms with Gasteiger partial charge in [0.25, 0.3) is 0 Å². The summed E-state index contributed by atoms with van der Waals surface area (Å²) in [6.07, 6.45) is -9.69. The van der Waals surface area contributed by atoms with Crippen molar-refractivity contribution in [1.82, 2.24) is 14.9 Å². The van der Waals surface area contributed by atoms with Gasteiger partial charge in [0, 0.05) is 19.3 Å². The quantitative estimate of drug-likeness (QED) is 0.431. The average molecular weight is 485 g/mol. The second-order valence-corrected chi connectivity index (χ2v) is 7.23. The van der Waals surface area contributed by atoms with Crippen molar-refractivity contribution in [1.29, 1.82) is 0 Å². The van der Waals surface area contributed by atoms with Crippen LogP contribution in [0.3, 0.4) is 0 Å². The third-order valence-electron chi connectivity index (χ3n) is 4.76. The molecule has 0 unspecified atom stereocenters. The molecule has 7 nitrogen and oxygen atoms in total. The first kappa shape index (κ1) is 23.7. The number of carbonyl (C=O) groups is 1. The van der Waals surface area contributed by atoms with Crippen molar-refractivity contribution in [3.8, 4) is 5.75 Å². The molecule has 174 valence electrons. The number of amides is 1. The second-order valence-electron chi connectivity index (χ2n) is 6.87. The smallest absolute Gasteiger partial charge is 0.465 e. The van der Waals surface area contributed by atoms with E-state index in [0.717, 1.165) is 6.07 Å². The van der Waals surface area contributed by atoms with E-state index >= 15 is 0 Å². The van der Waals surface area contributed by atoms with Gasteiger partial charge in [0.1, 0.15) is 10.7 Å². The van der Waals surface area contributed by atoms with Gasteiger partial charge in [-0.2, -0.15) is 13.2 Å². The molecular weight excluding hydrogens is 470 g/mol. The van der Waals surface area contributed by atoms with Crippen LogP contribution in [-0.2, 0) is 6.18 Å². The first-order chi connectivity index (χ1) is 14.8. The monoisotopic (exact) mass is 484 g/mol. The number of rotatable bonds is 4. The van der Waals surface area contributed by atoms with Crippen LogP contribution in [0.1, 0.15) is 29.9 Å². The molecule has 1 saturated heterocycles. The Balaban J connectivity index is 1.86. The van der Waals surface area contributed by atoms with E-state index in [2.05, 4.69) is 20.0 Å². The summed E-state index contributed by atoms with van der Waals surface area (Å²) in [5.41, 5.74) is -1.05. The number of nitrogens with one attached hydrogen (secondary N) is 1. The standard InChI is InChI=1S/C18H15ClF6N4O3/c19-14-11(17(20,21)22)8-26-15(28-14)27-12-2-1-10(7-13(12)32-18(23,24)25)9-3-5-29(6-4-9)16(30)31/h1-2,7-9H,3-6H2,(H,30,31)(H,26,27,28). The summed E-state index contributed by atoms with van der Waals surface area (Å²) in [6, 6.07) is 3.90. The minimum absolute atomic E-state index is 0.202. The van der Waals surface area contributed by atoms with Gasteiger partial charge in [0.05, 0.1) is 5.69 Å². The summed E-state index contributed by atoms with van der Waals surface area (Å²) in [4.78, 5) is 19.1. The lowest BCUT2D eigenvalue weighted by Crippen LogP contribution is -2.36. The number of halogens is 7. The molecule has 0 aliphatic carbocycles. The Morgan fingerprint density at radius 3 is 2.38 bits per heavy atom. The fourth-order valence-electron chi connectivity index (χ4n) is 3.24. The van der Waals surface area contributed by atoms with Crippen LogP contribution < -0.4 is 10.1 Å². The van der Waals surface area contributed by atoms with E-state index in [1.807, 2.05) is 0 Å². The number of carboxylic acid groups (broad SMARTS) is 1. The van der Waals surface area contributed by atoms with Crippen molar-refractivity contribution in [2.75, 3.05) is 18.4 Å². The van der Waals surface area contributed by atoms with Crippen molar-refractivity contribution in [3.63, 3.8) is 0 Å². The van der Waals surface area contributed by atoms with Crippen LogP contribution in [0.4, 0.5) is 42.8 Å². The maximum absolute atomic E-state index is 12.9. The Hall–Kier alpha value is -2.96. The van der Waals surface area contributed by atoms with Crippen molar-refractivity contribution < 1.29 is 41.0 Å². The molecule has 0 spiro atoms. The number of piperidine rings is 1. The molecule has 1 aliphatic heterocycles. The van der Waals surface area contributed by atoms with E-state index < -0.39 is 41.0 Å². The van der Waals surface area contributed by atoms with Crippen LogP contribution in [0.5, 0.6) is 5.75 Å². The minimum atomic E-state index is -5.04. The number of likely N-dealkylation sites (tertiary alicyclic amines) is 1. The highest BCUT2D eigenvalue weighted by molar-refractivity contribution is 6.30. The molecule has 14 heteroatoms. The summed E-state index contributed by atoms with van der Waals surface area (Å²) >= 11 is 5.52. The van der Waals surface area contributed by atoms with Crippen molar-refractivity contribution in [2.24, 2.45) is 0 Å². The molecule has 0 atom stereocenters. The summed E-state index contributed by atoms with van der Waals surface area (Å²) in [5.74, 6) is -1.31. The average Bonchev–Trinajstić information content (AvgIpc) is 2.67. The van der Waals surface area contributed by atoms with Gasteiger partial charge >= 0.3 is 18.6 Å². The molecule has 1 aromatic heterocycles. The van der Waals surface area contributed by atoms with Crippen LogP contribution in [0, 0.1) is 0 Å². The summed E-state index contributed by atoms with van der Waals surface area (Å²) < 4.78 is 81.2. The normalized spacial score (nSPS) is 15.5. The van der Waals surface area contributed by atoms with Gasteiger partial charge in [-0.05, 0) is 36.5 Å². The summed E-state index contributed by atoms with van der Waals surface area (Å²) in [5, 5.41) is 10.5. The van der Waals surface area contributed by atoms with Gasteiger partial charge in [0.15, 0.2) is 5.75 Å². The summed E-state index contributed by atoms with van der Waals surface area (Å²) in [6.45, 7) is 0.459. The number of hydrogen-bond donors (Lipinski definition) is 2. The van der Waals surface area contributed by atoms with Gasteiger partial charge in [-0.15, -0.1) is 13.2 Å². The highest BCUT2D eigenvalue weighted by Crippen LogP contribution is 2.38. The van der Waals surface area contributed by atoms with E-state index in [1.54, 1.807) is 0 Å². The Bertz CT molecular complexity index is 994. The Kier molecular flexibility index (Phi) is 6.58. The first-order valence-electron chi connectivity index (χ1n) is 9.08. The number of anilines is 2. The number of nitrogens with zero attached hydrogens (tertiary/aromatic N) is 3. The van der Waals surface area contributed by atoms with Crippen LogP contribution in [0.25, 0.3) is 0 Å². The van der Waals surface area contributed by atoms with Crippen molar-refractivity contribution >= 4 is 29.3 Å². The van der Waals surface area contributed by atoms with E-state index in [4.69, 9.17) is 16.7 Å². The molecule has 1 aliphatic rings. The highest BCUT2D eigenvalue weighted by Gasteiger charge is 2.35. The zero-order chi connectivity index (χ0) is 23.7. The lowest BCUT2D eigenvalue weighted by Gasteiger charge is -2.30. The van der Waals surface area contributed by atoms with Gasteiger partial charge < -0.3 is 20.1 Å². The van der Waals surface area contributed by atoms with Gasteiger partial charge in [-0.25, -0.2) is 14.8 Å². The van der Waals surface area contributed by atoms with E-state index in [9.17, 15) is 31.1 Å². The third-order valence-corrected chi connectivity index (χ3v) is 5.05. The number of alkyl halides is 6. The lowest BCUT2D eigenvalue weighted by molar-refractivity contribution is -0.274. The van der Waals surface area contributed by atoms with Crippen LogP contribution in [0.15, 0.2) is 24.4 Å². The zero-order valence-corrected chi connectivity index (χ0v) is 16.7. The number of benzene rings is 1. The SMILES string of the molecule is O=C(O)N1CCC(c2ccc(Nc3ncc(C(F)(F)F)c(Cl)n3)c(OC(F)(F)F)c2)CC1. The van der Waals surface area contributed by atoms with Gasteiger partial charge in [-0.3, -0.25) is 0 Å². The van der Waals surface area contributed by atoms with Crippen LogP contribution in [0.2, 0.25) is 5.15 Å². The van der Waals surface area contributed by atoms with Crippen molar-refractivity contribution in [2.45, 2.75) is 31.3 Å². The van der Waals surface area contributed by atoms with Crippen LogP contribution in [-0.4, -0.2) is 45.5 Å². The fourth-order valence-corrected chi connectivity index (χ4v) is 3.48. The molecule has 2 N–H and O–H groups in total. The van der Waals surface area contributed by atoms with E-state index in [0.29, 0.717) is 24.6 Å². The number of hydrogen-bond acceptors (Lipinski definition) is 5. The zero-order valence-electron chi connectivity index (χ0n) is 16.0. The first-order valence-corrected chi connectivity index (χ1v) is 9.45. The van der Waals surface area contributed by atoms with Gasteiger partial charge in [-0.1, -0.05) is 17.7 Å². The molecule has 1 amide bonds. The predicted octanol–water partition coefficient (Wildman–Crippen LogP) is 5.65. The molecule has 0 saturated carbocycles. The predicted molar refractivity (Wildman–Crippen MR) is 100 cm³/mol. The van der Waals surface area contributed by atoms with E-state index in [1.165, 1.54) is 17.0 Å². The topological polar surface area (TPSA) is 87.6 Å². The largest absolute Gasteiger partial charge is 0.573 e. The Morgan fingerprint density at radius 1 is 1.19 bits per heavy atom. The maximum atomic E-state index is 12.9. The Labute approximate surface area is 182 Å².